The third kappa shape index (κ3) is 2.54. The zero-order valence-electron chi connectivity index (χ0n) is 11.4. The highest BCUT2D eigenvalue weighted by atomic mass is 16.2. The largest absolute Gasteiger partial charge is 0.344 e. The molecule has 2 saturated heterocycles. The molecule has 0 aromatic carbocycles. The average Bonchev–Trinajstić information content (AvgIpc) is 3.17. The Morgan fingerprint density at radius 3 is 2.72 bits per heavy atom. The van der Waals surface area contributed by atoms with Crippen LogP contribution < -0.4 is 5.32 Å². The van der Waals surface area contributed by atoms with Crippen LogP contribution in [0.15, 0.2) is 0 Å². The molecule has 2 unspecified atom stereocenters. The van der Waals surface area contributed by atoms with Crippen molar-refractivity contribution in [3.8, 4) is 0 Å². The van der Waals surface area contributed by atoms with E-state index in [4.69, 9.17) is 0 Å². The first-order valence-electron chi connectivity index (χ1n) is 7.47. The van der Waals surface area contributed by atoms with Gasteiger partial charge in [0.25, 0.3) is 0 Å². The summed E-state index contributed by atoms with van der Waals surface area (Å²) in [6.07, 6.45) is 6.25. The van der Waals surface area contributed by atoms with Crippen molar-refractivity contribution >= 4 is 5.91 Å². The molecule has 3 aliphatic rings. The Balaban J connectivity index is 1.62. The van der Waals surface area contributed by atoms with Crippen molar-refractivity contribution in [3.05, 3.63) is 0 Å². The molecular weight excluding hydrogens is 226 g/mol. The summed E-state index contributed by atoms with van der Waals surface area (Å²) < 4.78 is 0. The molecule has 0 radical (unpaired) electrons. The Kier molecular flexibility index (Phi) is 3.57. The lowest BCUT2D eigenvalue weighted by molar-refractivity contribution is -0.131. The van der Waals surface area contributed by atoms with E-state index < -0.39 is 0 Å². The molecule has 0 bridgehead atoms. The Hall–Kier alpha value is -0.610. The number of nitrogens with one attached hydrogen (secondary N) is 1. The third-order valence-electron chi connectivity index (χ3n) is 4.68. The first-order chi connectivity index (χ1) is 8.75. The first-order valence-corrected chi connectivity index (χ1v) is 7.47. The van der Waals surface area contributed by atoms with Crippen LogP contribution in [-0.4, -0.2) is 61.0 Å². The van der Waals surface area contributed by atoms with Crippen molar-refractivity contribution in [3.63, 3.8) is 0 Å². The molecule has 18 heavy (non-hydrogen) atoms. The van der Waals surface area contributed by atoms with Gasteiger partial charge in [0.2, 0.25) is 5.91 Å². The van der Waals surface area contributed by atoms with Crippen LogP contribution in [0.2, 0.25) is 0 Å². The van der Waals surface area contributed by atoms with Gasteiger partial charge in [0.15, 0.2) is 0 Å². The number of amides is 1. The summed E-state index contributed by atoms with van der Waals surface area (Å²) in [4.78, 5) is 16.6. The predicted octanol–water partition coefficient (Wildman–Crippen LogP) is 0.681. The van der Waals surface area contributed by atoms with Crippen LogP contribution in [0.3, 0.4) is 0 Å². The molecule has 2 atom stereocenters. The zero-order chi connectivity index (χ0) is 12.5. The van der Waals surface area contributed by atoms with Gasteiger partial charge in [-0.15, -0.1) is 0 Å². The monoisotopic (exact) mass is 251 g/mol. The highest BCUT2D eigenvalue weighted by Crippen LogP contribution is 2.33. The summed E-state index contributed by atoms with van der Waals surface area (Å²) in [6, 6.07) is 0.886. The summed E-state index contributed by atoms with van der Waals surface area (Å²) in [5.41, 5.74) is 0. The Labute approximate surface area is 110 Å². The van der Waals surface area contributed by atoms with Crippen LogP contribution in [0.4, 0.5) is 0 Å². The number of piperidine rings is 1. The average molecular weight is 251 g/mol. The van der Waals surface area contributed by atoms with Crippen LogP contribution >= 0.6 is 0 Å². The van der Waals surface area contributed by atoms with Gasteiger partial charge in [0.05, 0.1) is 6.04 Å². The maximum Gasteiger partial charge on any atom is 0.239 e. The molecule has 1 N–H and O–H groups in total. The van der Waals surface area contributed by atoms with E-state index in [0.717, 1.165) is 32.0 Å². The van der Waals surface area contributed by atoms with Crippen LogP contribution in [0.1, 0.15) is 32.1 Å². The Bertz CT molecular complexity index is 310. The number of likely N-dealkylation sites (tertiary alicyclic amines) is 1. The third-order valence-corrected chi connectivity index (χ3v) is 4.68. The van der Waals surface area contributed by atoms with E-state index >= 15 is 0 Å². The van der Waals surface area contributed by atoms with Crippen molar-refractivity contribution in [2.45, 2.75) is 44.2 Å². The summed E-state index contributed by atoms with van der Waals surface area (Å²) in [7, 11) is 1.94. The molecular formula is C14H25N3O. The van der Waals surface area contributed by atoms with E-state index in [1.807, 2.05) is 11.9 Å². The summed E-state index contributed by atoms with van der Waals surface area (Å²) >= 11 is 0. The van der Waals surface area contributed by atoms with E-state index in [9.17, 15) is 4.79 Å². The number of nitrogens with zero attached hydrogens (tertiary/aromatic N) is 2. The fraction of sp³-hybridized carbons (Fsp3) is 0.929. The number of likely N-dealkylation sites (N-methyl/N-ethyl adjacent to an activating group) is 1. The minimum absolute atomic E-state index is 0.185. The topological polar surface area (TPSA) is 35.6 Å². The molecule has 0 aromatic rings. The summed E-state index contributed by atoms with van der Waals surface area (Å²) in [5, 5.41) is 3.49. The molecule has 4 heteroatoms. The predicted molar refractivity (Wildman–Crippen MR) is 71.4 cm³/mol. The molecule has 2 heterocycles. The standard InChI is InChI=1S/C14H25N3O/c1-16-8-6-13(14(16)18)17(12-4-5-12)10-11-3-2-7-15-9-11/h11-13,15H,2-10H2,1H3. The molecule has 1 amide bonds. The minimum Gasteiger partial charge on any atom is -0.344 e. The number of carbonyl (C=O) groups excluding carboxylic acids is 1. The number of hydrogen-bond acceptors (Lipinski definition) is 3. The fourth-order valence-corrected chi connectivity index (χ4v) is 3.43. The van der Waals surface area contributed by atoms with Gasteiger partial charge in [0.1, 0.15) is 0 Å². The smallest absolute Gasteiger partial charge is 0.239 e. The van der Waals surface area contributed by atoms with Crippen molar-refractivity contribution in [1.82, 2.24) is 15.1 Å². The van der Waals surface area contributed by atoms with Crippen molar-refractivity contribution in [1.29, 1.82) is 0 Å². The van der Waals surface area contributed by atoms with E-state index in [1.54, 1.807) is 0 Å². The Morgan fingerprint density at radius 1 is 1.33 bits per heavy atom. The molecule has 3 fully saturated rings. The lowest BCUT2D eigenvalue weighted by Gasteiger charge is -2.33. The van der Waals surface area contributed by atoms with Gasteiger partial charge in [-0.3, -0.25) is 9.69 Å². The van der Waals surface area contributed by atoms with E-state index in [0.29, 0.717) is 11.9 Å². The second kappa shape index (κ2) is 5.17. The molecule has 1 aliphatic carbocycles. The van der Waals surface area contributed by atoms with E-state index in [2.05, 4.69) is 10.2 Å². The molecule has 0 aromatic heterocycles. The number of hydrogen-bond donors (Lipinski definition) is 1. The van der Waals surface area contributed by atoms with Crippen LogP contribution in [-0.2, 0) is 4.79 Å². The van der Waals surface area contributed by atoms with Crippen LogP contribution in [0, 0.1) is 5.92 Å². The molecule has 4 nitrogen and oxygen atoms in total. The quantitative estimate of drug-likeness (QED) is 0.798. The van der Waals surface area contributed by atoms with Crippen molar-refractivity contribution in [2.75, 3.05) is 33.2 Å². The first kappa shape index (κ1) is 12.4. The second-order valence-electron chi connectivity index (χ2n) is 6.20. The highest BCUT2D eigenvalue weighted by molar-refractivity contribution is 5.83. The minimum atomic E-state index is 0.185. The van der Waals surface area contributed by atoms with Crippen molar-refractivity contribution < 1.29 is 4.79 Å². The second-order valence-corrected chi connectivity index (χ2v) is 6.20. The molecule has 3 rings (SSSR count). The fourth-order valence-electron chi connectivity index (χ4n) is 3.43. The van der Waals surface area contributed by atoms with Gasteiger partial charge in [-0.25, -0.2) is 0 Å². The maximum absolute atomic E-state index is 12.2. The highest BCUT2D eigenvalue weighted by Gasteiger charge is 2.41. The van der Waals surface area contributed by atoms with Gasteiger partial charge in [-0.2, -0.15) is 0 Å². The Morgan fingerprint density at radius 2 is 2.17 bits per heavy atom. The lowest BCUT2D eigenvalue weighted by Crippen LogP contribution is -2.47. The number of carbonyl (C=O) groups is 1. The molecule has 1 saturated carbocycles. The van der Waals surface area contributed by atoms with Gasteiger partial charge in [-0.1, -0.05) is 0 Å². The summed E-state index contributed by atoms with van der Waals surface area (Å²) in [6.45, 7) is 4.38. The normalized spacial score (nSPS) is 33.4. The maximum atomic E-state index is 12.2. The molecule has 0 spiro atoms. The number of rotatable bonds is 4. The zero-order valence-corrected chi connectivity index (χ0v) is 11.4. The SMILES string of the molecule is CN1CCC(N(CC2CCCNC2)C2CC2)C1=O. The van der Waals surface area contributed by atoms with Crippen LogP contribution in [0.5, 0.6) is 0 Å². The lowest BCUT2D eigenvalue weighted by atomic mass is 9.98. The van der Waals surface area contributed by atoms with Gasteiger partial charge >= 0.3 is 0 Å². The van der Waals surface area contributed by atoms with E-state index in [1.165, 1.54) is 32.2 Å². The van der Waals surface area contributed by atoms with Gasteiger partial charge < -0.3 is 10.2 Å². The van der Waals surface area contributed by atoms with Gasteiger partial charge in [0, 0.05) is 26.2 Å². The summed E-state index contributed by atoms with van der Waals surface area (Å²) in [5.74, 6) is 1.10. The molecule has 102 valence electrons. The van der Waals surface area contributed by atoms with Crippen molar-refractivity contribution in [2.24, 2.45) is 5.92 Å². The van der Waals surface area contributed by atoms with Gasteiger partial charge in [-0.05, 0) is 51.1 Å². The van der Waals surface area contributed by atoms with E-state index in [-0.39, 0.29) is 6.04 Å². The molecule has 2 aliphatic heterocycles. The van der Waals surface area contributed by atoms with Crippen LogP contribution in [0.25, 0.3) is 0 Å².